The highest BCUT2D eigenvalue weighted by Crippen LogP contribution is 2.18. The Kier molecular flexibility index (Phi) is 58.7. The fourth-order valence-corrected chi connectivity index (χ4v) is 9.96. The minimum atomic E-state index is -1.62. The van der Waals surface area contributed by atoms with E-state index in [9.17, 15) is 19.5 Å². The molecule has 0 rings (SSSR count). The van der Waals surface area contributed by atoms with Gasteiger partial charge >= 0.3 is 11.9 Å². The number of allylic oxidation sites excluding steroid dienone is 6. The van der Waals surface area contributed by atoms with Crippen molar-refractivity contribution < 1.29 is 42.9 Å². The summed E-state index contributed by atoms with van der Waals surface area (Å²) >= 11 is 0. The van der Waals surface area contributed by atoms with E-state index in [1.54, 1.807) is 0 Å². The van der Waals surface area contributed by atoms with Crippen LogP contribution in [-0.4, -0.2) is 82.3 Å². The van der Waals surface area contributed by atoms with Gasteiger partial charge in [-0.25, -0.2) is 0 Å². The van der Waals surface area contributed by atoms with Crippen LogP contribution in [0.3, 0.4) is 0 Å². The van der Waals surface area contributed by atoms with Gasteiger partial charge in [0.05, 0.1) is 40.3 Å². The van der Waals surface area contributed by atoms with Crippen molar-refractivity contribution in [3.8, 4) is 0 Å². The van der Waals surface area contributed by atoms with Gasteiger partial charge in [0.2, 0.25) is 0 Å². The molecular weight excluding hydrogens is 971 g/mol. The van der Waals surface area contributed by atoms with Gasteiger partial charge in [0.25, 0.3) is 0 Å². The first-order chi connectivity index (χ1) is 38.1. The Morgan fingerprint density at radius 2 is 0.692 bits per heavy atom. The minimum Gasteiger partial charge on any atom is -0.545 e. The van der Waals surface area contributed by atoms with Crippen LogP contribution >= 0.6 is 0 Å². The lowest BCUT2D eigenvalue weighted by Gasteiger charge is -2.26. The van der Waals surface area contributed by atoms with Gasteiger partial charge in [-0.3, -0.25) is 9.59 Å². The maximum absolute atomic E-state index is 12.9. The lowest BCUT2D eigenvalue weighted by molar-refractivity contribution is -0.870. The van der Waals surface area contributed by atoms with E-state index in [1.807, 2.05) is 21.1 Å². The molecule has 0 saturated carbocycles. The number of carboxylic acids is 1. The zero-order valence-electron chi connectivity index (χ0n) is 52.3. The highest BCUT2D eigenvalue weighted by atomic mass is 16.7. The Balaban J connectivity index is 3.87. The van der Waals surface area contributed by atoms with Crippen LogP contribution in [-0.2, 0) is 33.3 Å². The summed E-state index contributed by atoms with van der Waals surface area (Å²) in [6.45, 7) is 4.77. The highest BCUT2D eigenvalue weighted by Gasteiger charge is 2.22. The molecule has 0 fully saturated rings. The molecule has 0 spiro atoms. The van der Waals surface area contributed by atoms with Gasteiger partial charge in [0, 0.05) is 12.8 Å². The molecule has 2 atom stereocenters. The third-order valence-corrected chi connectivity index (χ3v) is 15.1. The second kappa shape index (κ2) is 60.6. The fraction of sp³-hybridized carbons (Fsp3) is 0.870. The predicted octanol–water partition coefficient (Wildman–Crippen LogP) is 19.1. The van der Waals surface area contributed by atoms with Gasteiger partial charge in [-0.15, -0.1) is 0 Å². The van der Waals surface area contributed by atoms with E-state index in [0.717, 1.165) is 51.4 Å². The van der Waals surface area contributed by atoms with Gasteiger partial charge in [0.1, 0.15) is 13.2 Å². The monoisotopic (exact) mass is 1100 g/mol. The molecule has 9 nitrogen and oxygen atoms in total. The van der Waals surface area contributed by atoms with Crippen molar-refractivity contribution in [2.75, 3.05) is 47.5 Å². The molecular formula is C69H129NO8. The Labute approximate surface area is 483 Å². The Morgan fingerprint density at radius 3 is 1.03 bits per heavy atom. The lowest BCUT2D eigenvalue weighted by Crippen LogP contribution is -2.44. The van der Waals surface area contributed by atoms with Gasteiger partial charge in [-0.2, -0.15) is 0 Å². The summed E-state index contributed by atoms with van der Waals surface area (Å²) in [6, 6.07) is 0. The number of rotatable bonds is 63. The van der Waals surface area contributed by atoms with Crippen molar-refractivity contribution >= 4 is 17.9 Å². The van der Waals surface area contributed by atoms with Crippen LogP contribution in [0, 0.1) is 0 Å². The predicted molar refractivity (Wildman–Crippen MR) is 329 cm³/mol. The highest BCUT2D eigenvalue weighted by molar-refractivity contribution is 5.70. The van der Waals surface area contributed by atoms with Gasteiger partial charge in [-0.05, 0) is 51.4 Å². The summed E-state index contributed by atoms with van der Waals surface area (Å²) < 4.78 is 22.7. The van der Waals surface area contributed by atoms with Crippen molar-refractivity contribution in [2.24, 2.45) is 0 Å². The number of unbranched alkanes of at least 4 members (excludes halogenated alkanes) is 42. The number of aliphatic carboxylic acids is 1. The summed E-state index contributed by atoms with van der Waals surface area (Å²) in [5.41, 5.74) is 0. The number of esters is 2. The number of hydrogen-bond donors (Lipinski definition) is 0. The number of carboxylic acid groups (broad SMARTS) is 1. The van der Waals surface area contributed by atoms with Crippen LogP contribution in [0.25, 0.3) is 0 Å². The van der Waals surface area contributed by atoms with Crippen molar-refractivity contribution in [3.05, 3.63) is 36.5 Å². The molecule has 0 heterocycles. The first-order valence-electron chi connectivity index (χ1n) is 33.6. The van der Waals surface area contributed by atoms with E-state index in [0.29, 0.717) is 17.4 Å². The number of hydrogen-bond acceptors (Lipinski definition) is 8. The normalized spacial score (nSPS) is 12.9. The molecule has 0 radical (unpaired) electrons. The maximum Gasteiger partial charge on any atom is 0.306 e. The third-order valence-electron chi connectivity index (χ3n) is 15.1. The first kappa shape index (κ1) is 75.5. The molecule has 0 aromatic carbocycles. The number of ether oxygens (including phenoxy) is 4. The average molecular weight is 1100 g/mol. The van der Waals surface area contributed by atoms with E-state index in [4.69, 9.17) is 18.9 Å². The van der Waals surface area contributed by atoms with Crippen molar-refractivity contribution in [1.29, 1.82) is 0 Å². The molecule has 0 aliphatic carbocycles. The van der Waals surface area contributed by atoms with Crippen LogP contribution < -0.4 is 5.11 Å². The second-order valence-electron chi connectivity index (χ2n) is 24.1. The molecule has 0 aromatic rings. The van der Waals surface area contributed by atoms with E-state index < -0.39 is 24.3 Å². The number of carbonyl (C=O) groups is 3. The summed E-state index contributed by atoms with van der Waals surface area (Å²) in [5.74, 6) is -2.26. The molecule has 0 N–H and O–H groups in total. The van der Waals surface area contributed by atoms with Crippen LogP contribution in [0.1, 0.15) is 328 Å². The van der Waals surface area contributed by atoms with Gasteiger partial charge in [-0.1, -0.05) is 301 Å². The van der Waals surface area contributed by atoms with E-state index >= 15 is 0 Å². The molecule has 458 valence electrons. The van der Waals surface area contributed by atoms with Crippen LogP contribution in [0.5, 0.6) is 0 Å². The van der Waals surface area contributed by atoms with Crippen molar-refractivity contribution in [1.82, 2.24) is 0 Å². The quantitative estimate of drug-likeness (QED) is 0.0195. The molecule has 9 heteroatoms. The average Bonchev–Trinajstić information content (AvgIpc) is 3.41. The van der Waals surface area contributed by atoms with Crippen LogP contribution in [0.2, 0.25) is 0 Å². The molecule has 0 aromatic heterocycles. The first-order valence-corrected chi connectivity index (χ1v) is 33.6. The summed E-state index contributed by atoms with van der Waals surface area (Å²) in [6.07, 6.45) is 72.5. The van der Waals surface area contributed by atoms with Crippen LogP contribution in [0.15, 0.2) is 36.5 Å². The summed E-state index contributed by atoms with van der Waals surface area (Å²) in [5, 5.41) is 11.8. The topological polar surface area (TPSA) is 111 Å². The van der Waals surface area contributed by atoms with E-state index in [2.05, 4.69) is 50.3 Å². The number of likely N-dealkylation sites (N-methyl/N-ethyl adjacent to an activating group) is 1. The Hall–Kier alpha value is -2.49. The maximum atomic E-state index is 12.9. The smallest absolute Gasteiger partial charge is 0.306 e. The number of nitrogens with zero attached hydrogens (tertiary/aromatic N) is 1. The van der Waals surface area contributed by atoms with Crippen molar-refractivity contribution in [3.63, 3.8) is 0 Å². The minimum absolute atomic E-state index is 0.151. The molecule has 78 heavy (non-hydrogen) atoms. The number of quaternary nitrogens is 1. The van der Waals surface area contributed by atoms with Gasteiger partial charge < -0.3 is 33.3 Å². The zero-order chi connectivity index (χ0) is 56.9. The van der Waals surface area contributed by atoms with Crippen LogP contribution in [0.4, 0.5) is 0 Å². The fourth-order valence-electron chi connectivity index (χ4n) is 9.96. The standard InChI is InChI=1S/C69H129NO8/c1-6-8-10-12-14-16-18-20-21-22-23-24-25-26-27-28-29-30-31-32-33-34-35-36-37-38-39-40-41-42-43-44-45-46-47-48-50-52-54-56-58-60-67(72)78-65(64-77-69(68(73)74)75-62-61-70(3,4)5)63-76-66(71)59-57-55-53-51-49-19-17-15-13-11-9-7-2/h18,20,22-23,25-26,65,69H,6-17,19,21,24,27-64H2,1-5H3/b20-18-,23-22-,26-25-. The molecule has 0 aliphatic rings. The zero-order valence-corrected chi connectivity index (χ0v) is 52.3. The second-order valence-corrected chi connectivity index (χ2v) is 24.1. The molecule has 0 aliphatic heterocycles. The van der Waals surface area contributed by atoms with E-state index in [-0.39, 0.29) is 32.2 Å². The lowest BCUT2D eigenvalue weighted by atomic mass is 10.0. The molecule has 0 saturated heterocycles. The Bertz CT molecular complexity index is 1370. The van der Waals surface area contributed by atoms with Gasteiger partial charge in [0.15, 0.2) is 12.4 Å². The summed E-state index contributed by atoms with van der Waals surface area (Å²) in [7, 11) is 5.93. The summed E-state index contributed by atoms with van der Waals surface area (Å²) in [4.78, 5) is 37.2. The SMILES string of the molecule is CCCCCCC/C=C\C/C=C\C/C=C\CCCCCCCCCCCCCCCCCCCCCCCCCCCCC(=O)OC(COC(=O)CCCCCCCCCCCCCC)COC(OCC[N+](C)(C)C)C(=O)[O-]. The molecule has 0 amide bonds. The van der Waals surface area contributed by atoms with E-state index in [1.165, 1.54) is 250 Å². The molecule has 0 bridgehead atoms. The number of carbonyl (C=O) groups excluding carboxylic acids is 3. The third kappa shape index (κ3) is 61.1. The largest absolute Gasteiger partial charge is 0.545 e. The Morgan fingerprint density at radius 1 is 0.385 bits per heavy atom. The van der Waals surface area contributed by atoms with Crippen molar-refractivity contribution in [2.45, 2.75) is 341 Å². The molecule has 2 unspecified atom stereocenters.